The van der Waals surface area contributed by atoms with Crippen molar-refractivity contribution >= 4 is 30.6 Å². The van der Waals surface area contributed by atoms with Crippen LogP contribution >= 0.6 is 11.3 Å². The predicted molar refractivity (Wildman–Crippen MR) is 124 cm³/mol. The van der Waals surface area contributed by atoms with Crippen molar-refractivity contribution in [1.29, 1.82) is 0 Å². The van der Waals surface area contributed by atoms with Crippen LogP contribution in [0, 0.1) is 23.3 Å². The minimum atomic E-state index is -1.46. The van der Waals surface area contributed by atoms with Gasteiger partial charge in [-0.05, 0) is 29.2 Å². The van der Waals surface area contributed by atoms with Gasteiger partial charge in [0.1, 0.15) is 8.07 Å². The van der Waals surface area contributed by atoms with Gasteiger partial charge >= 0.3 is 0 Å². The van der Waals surface area contributed by atoms with Gasteiger partial charge in [0, 0.05) is 16.7 Å². The second kappa shape index (κ2) is 6.11. The van der Waals surface area contributed by atoms with Crippen LogP contribution in [-0.2, 0) is 0 Å². The molecule has 28 heavy (non-hydrogen) atoms. The molecule has 0 fully saturated rings. The molecule has 0 spiro atoms. The van der Waals surface area contributed by atoms with E-state index in [0.717, 1.165) is 0 Å². The first kappa shape index (κ1) is 17.3. The first-order valence-corrected chi connectivity index (χ1v) is 13.9. The Morgan fingerprint density at radius 3 is 1.61 bits per heavy atom. The first-order chi connectivity index (χ1) is 13.5. The molecule has 5 rings (SSSR count). The molecule has 0 saturated carbocycles. The maximum absolute atomic E-state index is 3.59. The first-order valence-electron chi connectivity index (χ1n) is 9.56. The van der Waals surface area contributed by atoms with E-state index in [0.29, 0.717) is 0 Å². The summed E-state index contributed by atoms with van der Waals surface area (Å²) in [7, 11) is -1.46. The fourth-order valence-electron chi connectivity index (χ4n) is 4.00. The Balaban J connectivity index is 1.95. The van der Waals surface area contributed by atoms with Gasteiger partial charge in [0.15, 0.2) is 0 Å². The lowest BCUT2D eigenvalue weighted by Crippen LogP contribution is -2.16. The van der Waals surface area contributed by atoms with Gasteiger partial charge in [-0.2, -0.15) is 0 Å². The Kier molecular flexibility index (Phi) is 3.78. The van der Waals surface area contributed by atoms with Gasteiger partial charge in [-0.1, -0.05) is 80.0 Å². The largest absolute Gasteiger partial charge is 0.132 e. The Morgan fingerprint density at radius 1 is 0.679 bits per heavy atom. The molecule has 1 heterocycles. The van der Waals surface area contributed by atoms with Crippen LogP contribution in [-0.4, -0.2) is 8.07 Å². The number of thiophene rings is 1. The number of hydrogen-bond acceptors (Lipinski definition) is 1. The van der Waals surface area contributed by atoms with Gasteiger partial charge in [0.25, 0.3) is 0 Å². The Hall–Kier alpha value is -2.78. The van der Waals surface area contributed by atoms with Gasteiger partial charge in [0.05, 0.1) is 14.6 Å². The lowest BCUT2D eigenvalue weighted by Gasteiger charge is -2.06. The van der Waals surface area contributed by atoms with E-state index >= 15 is 0 Å². The molecule has 2 aliphatic carbocycles. The summed E-state index contributed by atoms with van der Waals surface area (Å²) in [6, 6.07) is 17.4. The number of benzene rings is 2. The van der Waals surface area contributed by atoms with Crippen LogP contribution in [0.1, 0.15) is 18.1 Å². The van der Waals surface area contributed by atoms with E-state index in [4.69, 9.17) is 0 Å². The summed E-state index contributed by atoms with van der Waals surface area (Å²) in [5.41, 5.74) is 13.8. The average Bonchev–Trinajstić information content (AvgIpc) is 3.27. The zero-order chi connectivity index (χ0) is 19.5. The number of fused-ring (bicyclic) bond motifs is 7. The Bertz CT molecular complexity index is 1400. The van der Waals surface area contributed by atoms with Crippen molar-refractivity contribution < 1.29 is 0 Å². The summed E-state index contributed by atoms with van der Waals surface area (Å²) >= 11 is 1.87. The quantitative estimate of drug-likeness (QED) is 0.373. The monoisotopic (exact) mass is 392 g/mol. The highest BCUT2D eigenvalue weighted by Gasteiger charge is 2.30. The molecule has 2 aromatic carbocycles. The standard InChI is InChI=1S/C26H20SSi/c1-5-10-21-17-11-6-8-13-19(17)23-24-20-14-9-7-12-18(20)22(15-16-28(2,3)4)26(24)27-25(21)23/h6-9,11-14H,1-4H3. The van der Waals surface area contributed by atoms with Crippen LogP contribution in [0.5, 0.6) is 0 Å². The second-order valence-electron chi connectivity index (χ2n) is 8.23. The summed E-state index contributed by atoms with van der Waals surface area (Å²) in [5, 5.41) is 0. The summed E-state index contributed by atoms with van der Waals surface area (Å²) in [5.74, 6) is 10.1. The van der Waals surface area contributed by atoms with E-state index in [1.165, 1.54) is 53.6 Å². The molecular formula is C26H20SSi. The van der Waals surface area contributed by atoms with Gasteiger partial charge in [-0.15, -0.1) is 22.8 Å². The molecule has 0 N–H and O–H groups in total. The van der Waals surface area contributed by atoms with Crippen molar-refractivity contribution in [2.75, 3.05) is 0 Å². The Labute approximate surface area is 171 Å². The van der Waals surface area contributed by atoms with E-state index in [2.05, 4.69) is 91.5 Å². The molecule has 134 valence electrons. The van der Waals surface area contributed by atoms with Crippen LogP contribution in [0.25, 0.3) is 33.4 Å². The molecule has 2 heteroatoms. The molecule has 0 aliphatic heterocycles. The van der Waals surface area contributed by atoms with E-state index in [-0.39, 0.29) is 0 Å². The van der Waals surface area contributed by atoms with Crippen LogP contribution in [0.2, 0.25) is 19.6 Å². The zero-order valence-corrected chi connectivity index (χ0v) is 18.3. The molecule has 0 unspecified atom stereocenters. The maximum Gasteiger partial charge on any atom is 0.129 e. The number of rotatable bonds is 0. The fraction of sp³-hybridized carbons (Fsp3) is 0.154. The van der Waals surface area contributed by atoms with E-state index in [1.807, 2.05) is 18.3 Å². The van der Waals surface area contributed by atoms with E-state index < -0.39 is 8.07 Å². The predicted octanol–water partition coefficient (Wildman–Crippen LogP) is 5.01. The lowest BCUT2D eigenvalue weighted by atomic mass is 9.97. The van der Waals surface area contributed by atoms with E-state index in [1.54, 1.807) is 0 Å². The topological polar surface area (TPSA) is 0 Å². The minimum Gasteiger partial charge on any atom is -0.132 e. The smallest absolute Gasteiger partial charge is 0.129 e. The van der Waals surface area contributed by atoms with Crippen molar-refractivity contribution in [3.05, 3.63) is 68.7 Å². The molecule has 0 nitrogen and oxygen atoms in total. The highest BCUT2D eigenvalue weighted by molar-refractivity contribution is 7.09. The molecule has 2 aliphatic rings. The molecule has 3 aromatic rings. The molecular weight excluding hydrogens is 372 g/mol. The summed E-state index contributed by atoms with van der Waals surface area (Å²) in [6.07, 6.45) is 0. The average molecular weight is 393 g/mol. The van der Waals surface area contributed by atoms with E-state index in [9.17, 15) is 0 Å². The number of hydrogen-bond donors (Lipinski definition) is 0. The summed E-state index contributed by atoms with van der Waals surface area (Å²) in [6.45, 7) is 8.82. The van der Waals surface area contributed by atoms with Crippen molar-refractivity contribution in [3.8, 4) is 45.6 Å². The van der Waals surface area contributed by atoms with Crippen molar-refractivity contribution in [3.63, 3.8) is 0 Å². The second-order valence-corrected chi connectivity index (χ2v) is 14.0. The lowest BCUT2D eigenvalue weighted by molar-refractivity contribution is 1.62. The van der Waals surface area contributed by atoms with Gasteiger partial charge < -0.3 is 0 Å². The SMILES string of the molecule is CC#CC1=c2sc3c(c2-c2ccccc21)-c1ccccc1C=3C#C[Si](C)(C)C. The summed E-state index contributed by atoms with van der Waals surface area (Å²) in [4.78, 5) is 0. The highest BCUT2D eigenvalue weighted by atomic mass is 32.1. The molecule has 0 bridgehead atoms. The van der Waals surface area contributed by atoms with Crippen molar-refractivity contribution in [2.24, 2.45) is 0 Å². The molecule has 0 radical (unpaired) electrons. The molecule has 0 atom stereocenters. The molecule has 1 aromatic heterocycles. The van der Waals surface area contributed by atoms with Crippen molar-refractivity contribution in [2.45, 2.75) is 26.6 Å². The Morgan fingerprint density at radius 2 is 1.14 bits per heavy atom. The normalized spacial score (nSPS) is 13.0. The van der Waals surface area contributed by atoms with Crippen LogP contribution in [0.3, 0.4) is 0 Å². The minimum absolute atomic E-state index is 1.17. The third kappa shape index (κ3) is 2.46. The van der Waals surface area contributed by atoms with Crippen LogP contribution < -0.4 is 9.06 Å². The van der Waals surface area contributed by atoms with Gasteiger partial charge in [0.2, 0.25) is 0 Å². The van der Waals surface area contributed by atoms with Gasteiger partial charge in [-0.25, -0.2) is 0 Å². The van der Waals surface area contributed by atoms with Gasteiger partial charge in [-0.3, -0.25) is 0 Å². The van der Waals surface area contributed by atoms with Crippen LogP contribution in [0.4, 0.5) is 0 Å². The highest BCUT2D eigenvalue weighted by Crippen LogP contribution is 2.42. The van der Waals surface area contributed by atoms with Crippen LogP contribution in [0.15, 0.2) is 48.5 Å². The molecule has 0 amide bonds. The summed E-state index contributed by atoms with van der Waals surface area (Å²) < 4.78 is 2.63. The fourth-order valence-corrected chi connectivity index (χ4v) is 5.86. The maximum atomic E-state index is 3.59. The third-order valence-corrected chi connectivity index (χ3v) is 7.21. The van der Waals surface area contributed by atoms with Crippen molar-refractivity contribution in [1.82, 2.24) is 0 Å². The third-order valence-electron chi connectivity index (χ3n) is 5.11. The zero-order valence-electron chi connectivity index (χ0n) is 16.5. The molecule has 0 saturated heterocycles.